The van der Waals surface area contributed by atoms with E-state index in [9.17, 15) is 9.90 Å². The zero-order valence-electron chi connectivity index (χ0n) is 12.7. The van der Waals surface area contributed by atoms with Crippen LogP contribution in [-0.2, 0) is 0 Å². The summed E-state index contributed by atoms with van der Waals surface area (Å²) in [5.41, 5.74) is 3.49. The lowest BCUT2D eigenvalue weighted by Gasteiger charge is -2.12. The Balaban J connectivity index is 2.08. The number of carboxylic acid groups (broad SMARTS) is 1. The molecule has 0 unspecified atom stereocenters. The summed E-state index contributed by atoms with van der Waals surface area (Å²) in [6.07, 6.45) is 0. The minimum Gasteiger partial charge on any atom is -0.507 e. The van der Waals surface area contributed by atoms with E-state index in [4.69, 9.17) is 5.11 Å². The molecule has 0 saturated carbocycles. The van der Waals surface area contributed by atoms with Crippen molar-refractivity contribution in [1.82, 2.24) is 9.97 Å². The van der Waals surface area contributed by atoms with E-state index in [1.54, 1.807) is 6.07 Å². The molecule has 3 aromatic rings. The summed E-state index contributed by atoms with van der Waals surface area (Å²) in [5.74, 6) is -1.45. The molecule has 6 nitrogen and oxygen atoms in total. The Bertz CT molecular complexity index is 917. The van der Waals surface area contributed by atoms with Gasteiger partial charge in [0.15, 0.2) is 5.65 Å². The number of aryl methyl sites for hydroxylation is 2. The van der Waals surface area contributed by atoms with Gasteiger partial charge >= 0.3 is 5.97 Å². The minimum atomic E-state index is -1.18. The van der Waals surface area contributed by atoms with Crippen molar-refractivity contribution in [1.29, 1.82) is 0 Å². The van der Waals surface area contributed by atoms with Gasteiger partial charge in [-0.15, -0.1) is 0 Å². The Morgan fingerprint density at radius 2 is 1.78 bits per heavy atom. The quantitative estimate of drug-likeness (QED) is 0.642. The Hall–Kier alpha value is -3.15. The molecule has 23 heavy (non-hydrogen) atoms. The van der Waals surface area contributed by atoms with Gasteiger partial charge in [-0.3, -0.25) is 0 Å². The van der Waals surface area contributed by atoms with Crippen LogP contribution in [0.15, 0.2) is 36.4 Å². The first-order chi connectivity index (χ1) is 10.9. The lowest BCUT2D eigenvalue weighted by Crippen LogP contribution is -2.00. The highest BCUT2D eigenvalue weighted by Gasteiger charge is 2.11. The number of rotatable bonds is 3. The van der Waals surface area contributed by atoms with E-state index in [-0.39, 0.29) is 11.3 Å². The normalized spacial score (nSPS) is 10.7. The number of carboxylic acids is 1. The number of hydrogen-bond acceptors (Lipinski definition) is 5. The van der Waals surface area contributed by atoms with Crippen molar-refractivity contribution >= 4 is 28.4 Å². The number of nitrogens with zero attached hydrogens (tertiary/aromatic N) is 2. The fourth-order valence-corrected chi connectivity index (χ4v) is 2.37. The van der Waals surface area contributed by atoms with Crippen LogP contribution in [0.2, 0.25) is 0 Å². The number of benzene rings is 1. The van der Waals surface area contributed by atoms with E-state index >= 15 is 0 Å². The zero-order chi connectivity index (χ0) is 16.6. The van der Waals surface area contributed by atoms with Gasteiger partial charge < -0.3 is 15.5 Å². The van der Waals surface area contributed by atoms with Crippen molar-refractivity contribution in [3.8, 4) is 5.75 Å². The molecule has 0 fully saturated rings. The van der Waals surface area contributed by atoms with Crippen molar-refractivity contribution in [3.63, 3.8) is 0 Å². The van der Waals surface area contributed by atoms with Gasteiger partial charge in [0.1, 0.15) is 11.3 Å². The van der Waals surface area contributed by atoms with Crippen LogP contribution >= 0.6 is 0 Å². The lowest BCUT2D eigenvalue weighted by molar-refractivity contribution is 0.0694. The third kappa shape index (κ3) is 2.91. The molecule has 2 heterocycles. The highest BCUT2D eigenvalue weighted by atomic mass is 16.4. The first-order valence-electron chi connectivity index (χ1n) is 7.02. The zero-order valence-corrected chi connectivity index (χ0v) is 12.7. The molecule has 3 N–H and O–H groups in total. The van der Waals surface area contributed by atoms with Crippen molar-refractivity contribution < 1.29 is 15.0 Å². The van der Waals surface area contributed by atoms with Gasteiger partial charge in [0.05, 0.1) is 5.69 Å². The third-order valence-electron chi connectivity index (χ3n) is 3.45. The second-order valence-corrected chi connectivity index (χ2v) is 5.30. The number of fused-ring (bicyclic) bond motifs is 1. The van der Waals surface area contributed by atoms with E-state index in [0.29, 0.717) is 11.3 Å². The lowest BCUT2D eigenvalue weighted by atomic mass is 10.1. The minimum absolute atomic E-state index is 0.154. The van der Waals surface area contributed by atoms with Gasteiger partial charge in [-0.1, -0.05) is 0 Å². The molecule has 0 radical (unpaired) electrons. The number of carbonyl (C=O) groups is 1. The summed E-state index contributed by atoms with van der Waals surface area (Å²) in [6, 6.07) is 10.0. The molecule has 1 aromatic carbocycles. The van der Waals surface area contributed by atoms with Crippen LogP contribution in [0.1, 0.15) is 21.7 Å². The summed E-state index contributed by atoms with van der Waals surface area (Å²) < 4.78 is 0. The second kappa shape index (κ2) is 5.57. The van der Waals surface area contributed by atoms with Gasteiger partial charge in [-0.2, -0.15) is 0 Å². The number of phenols is 1. The Labute approximate surface area is 132 Å². The fraction of sp³-hybridized carbons (Fsp3) is 0.118. The summed E-state index contributed by atoms with van der Waals surface area (Å²) >= 11 is 0. The van der Waals surface area contributed by atoms with Gasteiger partial charge in [0.25, 0.3) is 0 Å². The number of anilines is 2. The van der Waals surface area contributed by atoms with Crippen molar-refractivity contribution in [3.05, 3.63) is 53.3 Å². The summed E-state index contributed by atoms with van der Waals surface area (Å²) in [5, 5.41) is 22.7. The number of aromatic nitrogens is 2. The molecule has 6 heteroatoms. The van der Waals surface area contributed by atoms with E-state index in [1.165, 1.54) is 12.1 Å². The predicted octanol–water partition coefficient (Wildman–Crippen LogP) is 3.39. The van der Waals surface area contributed by atoms with Crippen LogP contribution in [0.4, 0.5) is 11.4 Å². The Morgan fingerprint density at radius 1 is 1.04 bits per heavy atom. The highest BCUT2D eigenvalue weighted by molar-refractivity contribution is 5.94. The first kappa shape index (κ1) is 14.8. The van der Waals surface area contributed by atoms with Gasteiger partial charge in [-0.25, -0.2) is 14.8 Å². The molecular weight excluding hydrogens is 294 g/mol. The number of aromatic hydroxyl groups is 1. The predicted molar refractivity (Wildman–Crippen MR) is 87.4 cm³/mol. The molecule has 0 bridgehead atoms. The molecule has 0 spiro atoms. The molecule has 0 amide bonds. The largest absolute Gasteiger partial charge is 0.507 e. The monoisotopic (exact) mass is 309 g/mol. The first-order valence-corrected chi connectivity index (χ1v) is 7.02. The number of nitrogens with one attached hydrogen (secondary N) is 1. The molecular formula is C17H15N3O3. The summed E-state index contributed by atoms with van der Waals surface area (Å²) in [6.45, 7) is 3.77. The van der Waals surface area contributed by atoms with E-state index in [0.717, 1.165) is 22.5 Å². The van der Waals surface area contributed by atoms with Crippen LogP contribution in [0.5, 0.6) is 5.75 Å². The molecule has 0 saturated heterocycles. The molecule has 116 valence electrons. The van der Waals surface area contributed by atoms with E-state index in [2.05, 4.69) is 15.3 Å². The van der Waals surface area contributed by atoms with Gasteiger partial charge in [-0.05, 0) is 50.2 Å². The van der Waals surface area contributed by atoms with Crippen LogP contribution in [0, 0.1) is 13.8 Å². The topological polar surface area (TPSA) is 95.3 Å². The average molecular weight is 309 g/mol. The highest BCUT2D eigenvalue weighted by Crippen LogP contribution is 2.28. The summed E-state index contributed by atoms with van der Waals surface area (Å²) in [7, 11) is 0. The number of hydrogen-bond donors (Lipinski definition) is 3. The van der Waals surface area contributed by atoms with Crippen LogP contribution in [-0.4, -0.2) is 26.2 Å². The smallest absolute Gasteiger partial charge is 0.339 e. The SMILES string of the molecule is Cc1ccc2c(Nc3ccc(O)c(C(=O)O)c3)cc(C)nc2n1. The standard InChI is InChI=1S/C17H15N3O3/c1-9-3-5-12-14(7-10(2)19-16(12)18-9)20-11-4-6-15(21)13(8-11)17(22)23/h3-8,21H,1-2H3,(H,22,23)(H,18,19,20). The maximum Gasteiger partial charge on any atom is 0.339 e. The van der Waals surface area contributed by atoms with E-state index < -0.39 is 5.97 Å². The molecule has 3 rings (SSSR count). The fourth-order valence-electron chi connectivity index (χ4n) is 2.37. The van der Waals surface area contributed by atoms with Gasteiger partial charge in [0, 0.05) is 22.5 Å². The van der Waals surface area contributed by atoms with Crippen LogP contribution in [0.25, 0.3) is 11.0 Å². The van der Waals surface area contributed by atoms with Crippen molar-refractivity contribution in [2.75, 3.05) is 5.32 Å². The molecule has 0 aliphatic heterocycles. The molecule has 0 aliphatic carbocycles. The molecule has 0 aliphatic rings. The Morgan fingerprint density at radius 3 is 2.52 bits per heavy atom. The van der Waals surface area contributed by atoms with Crippen LogP contribution < -0.4 is 5.32 Å². The van der Waals surface area contributed by atoms with Crippen LogP contribution in [0.3, 0.4) is 0 Å². The molecule has 0 atom stereocenters. The second-order valence-electron chi connectivity index (χ2n) is 5.30. The number of pyridine rings is 2. The van der Waals surface area contributed by atoms with Crippen molar-refractivity contribution in [2.45, 2.75) is 13.8 Å². The third-order valence-corrected chi connectivity index (χ3v) is 3.45. The maximum atomic E-state index is 11.1. The molecule has 2 aromatic heterocycles. The average Bonchev–Trinajstić information content (AvgIpc) is 2.48. The Kier molecular flexibility index (Phi) is 3.57. The summed E-state index contributed by atoms with van der Waals surface area (Å²) in [4.78, 5) is 19.9. The van der Waals surface area contributed by atoms with E-state index in [1.807, 2.05) is 32.0 Å². The maximum absolute atomic E-state index is 11.1. The van der Waals surface area contributed by atoms with Gasteiger partial charge in [0.2, 0.25) is 0 Å². The van der Waals surface area contributed by atoms with Crippen molar-refractivity contribution in [2.24, 2.45) is 0 Å². The number of aromatic carboxylic acids is 1.